The van der Waals surface area contributed by atoms with E-state index in [0.29, 0.717) is 9.39 Å². The number of aromatic nitrogens is 5. The molecule has 0 aliphatic heterocycles. The molecule has 0 bridgehead atoms. The van der Waals surface area contributed by atoms with Crippen LogP contribution in [0.15, 0.2) is 42.0 Å². The molecule has 7 nitrogen and oxygen atoms in total. The van der Waals surface area contributed by atoms with Crippen molar-refractivity contribution < 1.29 is 35.5 Å². The highest BCUT2D eigenvalue weighted by atomic mass is 35.5. The highest BCUT2D eigenvalue weighted by molar-refractivity contribution is 7.13. The van der Waals surface area contributed by atoms with Gasteiger partial charge >= 0.3 is 6.18 Å². The van der Waals surface area contributed by atoms with E-state index in [1.807, 2.05) is 0 Å². The minimum atomic E-state index is -4.86. The molecule has 0 radical (unpaired) electrons. The normalized spacial score (nSPS) is 11.9. The van der Waals surface area contributed by atoms with Crippen LogP contribution in [0.4, 0.5) is 36.4 Å². The molecule has 0 fully saturated rings. The monoisotopic (exact) mass is 574 g/mol. The molecule has 0 unspecified atom stereocenters. The van der Waals surface area contributed by atoms with Gasteiger partial charge in [0.05, 0.1) is 29.0 Å². The fourth-order valence-corrected chi connectivity index (χ4v) is 4.44. The molecule has 0 atom stereocenters. The summed E-state index contributed by atoms with van der Waals surface area (Å²) in [4.78, 5) is 17.4. The van der Waals surface area contributed by atoms with Crippen molar-refractivity contribution in [1.29, 1.82) is 0 Å². The van der Waals surface area contributed by atoms with Crippen LogP contribution in [0.3, 0.4) is 0 Å². The quantitative estimate of drug-likeness (QED) is 0.154. The van der Waals surface area contributed by atoms with E-state index in [1.165, 1.54) is 0 Å². The SMILES string of the molecule is O=C(Nc1cnn(Cc2c(F)cc(F)c(F)c2F)c1)c1nn2c(C(F)(F)F)cc(-c3cccs3)nc2c1Cl. The van der Waals surface area contributed by atoms with Gasteiger partial charge in [-0.1, -0.05) is 17.7 Å². The number of nitrogens with one attached hydrogen (secondary N) is 1. The Morgan fingerprint density at radius 2 is 1.87 bits per heavy atom. The van der Waals surface area contributed by atoms with E-state index in [2.05, 4.69) is 20.5 Å². The van der Waals surface area contributed by atoms with Crippen molar-refractivity contribution in [2.45, 2.75) is 12.7 Å². The third-order valence-electron chi connectivity index (χ3n) is 5.23. The molecule has 4 aromatic heterocycles. The second-order valence-corrected chi connectivity index (χ2v) is 9.05. The number of benzene rings is 1. The zero-order valence-corrected chi connectivity index (χ0v) is 19.9. The third kappa shape index (κ3) is 4.58. The summed E-state index contributed by atoms with van der Waals surface area (Å²) in [7, 11) is 0. The number of nitrogens with zero attached hydrogens (tertiary/aromatic N) is 5. The first-order valence-corrected chi connectivity index (χ1v) is 11.6. The molecule has 1 N–H and O–H groups in total. The van der Waals surface area contributed by atoms with E-state index in [-0.39, 0.29) is 17.4 Å². The number of alkyl halides is 3. The minimum absolute atomic E-state index is 0.0217. The Morgan fingerprint density at radius 3 is 2.55 bits per heavy atom. The number of halogens is 8. The van der Waals surface area contributed by atoms with Crippen LogP contribution in [0.25, 0.3) is 16.2 Å². The van der Waals surface area contributed by atoms with Gasteiger partial charge in [0.1, 0.15) is 10.8 Å². The zero-order chi connectivity index (χ0) is 27.4. The summed E-state index contributed by atoms with van der Waals surface area (Å²) in [6.07, 6.45) is -2.72. The summed E-state index contributed by atoms with van der Waals surface area (Å²) >= 11 is 7.36. The van der Waals surface area contributed by atoms with Crippen molar-refractivity contribution in [3.63, 3.8) is 0 Å². The number of amides is 1. The molecule has 0 spiro atoms. The van der Waals surface area contributed by atoms with Gasteiger partial charge in [-0.05, 0) is 17.5 Å². The van der Waals surface area contributed by atoms with E-state index < -0.39 is 69.5 Å². The van der Waals surface area contributed by atoms with E-state index in [1.54, 1.807) is 17.5 Å². The Hall–Kier alpha value is -3.98. The number of fused-ring (bicyclic) bond motifs is 1. The lowest BCUT2D eigenvalue weighted by molar-refractivity contribution is -0.142. The molecule has 0 saturated carbocycles. The summed E-state index contributed by atoms with van der Waals surface area (Å²) in [5, 5.41) is 11.0. The largest absolute Gasteiger partial charge is 0.433 e. The molecule has 5 aromatic rings. The maximum absolute atomic E-state index is 14.0. The molecule has 196 valence electrons. The van der Waals surface area contributed by atoms with Gasteiger partial charge in [-0.3, -0.25) is 9.48 Å². The first kappa shape index (κ1) is 25.7. The first-order valence-electron chi connectivity index (χ1n) is 10.3. The molecule has 1 aromatic carbocycles. The van der Waals surface area contributed by atoms with E-state index in [0.717, 1.165) is 34.5 Å². The Bertz CT molecular complexity index is 1700. The number of hydrogen-bond donors (Lipinski definition) is 1. The summed E-state index contributed by atoms with van der Waals surface area (Å²) in [5.41, 5.74) is -3.11. The van der Waals surface area contributed by atoms with Crippen molar-refractivity contribution in [3.05, 3.63) is 87.3 Å². The number of anilines is 1. The van der Waals surface area contributed by atoms with Crippen molar-refractivity contribution in [3.8, 4) is 10.6 Å². The van der Waals surface area contributed by atoms with E-state index in [4.69, 9.17) is 11.6 Å². The lowest BCUT2D eigenvalue weighted by Crippen LogP contribution is -2.15. The Labute approximate surface area is 216 Å². The van der Waals surface area contributed by atoms with Gasteiger partial charge < -0.3 is 5.32 Å². The van der Waals surface area contributed by atoms with Crippen LogP contribution >= 0.6 is 22.9 Å². The number of carbonyl (C=O) groups excluding carboxylic acids is 1. The molecule has 16 heteroatoms. The molecule has 0 aliphatic rings. The van der Waals surface area contributed by atoms with Crippen LogP contribution in [0.5, 0.6) is 0 Å². The van der Waals surface area contributed by atoms with Gasteiger partial charge in [0.2, 0.25) is 0 Å². The molecule has 0 aliphatic carbocycles. The van der Waals surface area contributed by atoms with Gasteiger partial charge in [-0.15, -0.1) is 11.3 Å². The third-order valence-corrected chi connectivity index (χ3v) is 6.47. The number of carbonyl (C=O) groups is 1. The predicted molar refractivity (Wildman–Crippen MR) is 122 cm³/mol. The lowest BCUT2D eigenvalue weighted by atomic mass is 10.2. The lowest BCUT2D eigenvalue weighted by Gasteiger charge is -2.10. The highest BCUT2D eigenvalue weighted by Gasteiger charge is 2.37. The second-order valence-electron chi connectivity index (χ2n) is 7.73. The highest BCUT2D eigenvalue weighted by Crippen LogP contribution is 2.35. The van der Waals surface area contributed by atoms with Gasteiger partial charge in [-0.25, -0.2) is 27.1 Å². The van der Waals surface area contributed by atoms with Gasteiger partial charge in [0.15, 0.2) is 34.5 Å². The second kappa shape index (κ2) is 9.40. The molecule has 1 amide bonds. The van der Waals surface area contributed by atoms with E-state index >= 15 is 0 Å². The summed E-state index contributed by atoms with van der Waals surface area (Å²) in [5.74, 6) is -7.69. The summed E-state index contributed by atoms with van der Waals surface area (Å²) in [6.45, 7) is -0.662. The smallest absolute Gasteiger partial charge is 0.318 e. The molecular weight excluding hydrogens is 565 g/mol. The van der Waals surface area contributed by atoms with Crippen LogP contribution in [0, 0.1) is 23.3 Å². The standard InChI is InChI=1S/C22H10ClF7N6OS/c23-16-19(34-36-15(22(28,29)30)5-13(33-20(16)36)14-2-1-3-38-14)21(37)32-9-6-31-35(7-9)8-10-11(24)4-12(25)18(27)17(10)26/h1-7H,8H2,(H,32,37). The zero-order valence-electron chi connectivity index (χ0n) is 18.3. The molecule has 5 rings (SSSR count). The average Bonchev–Trinajstić information content (AvgIpc) is 3.60. The van der Waals surface area contributed by atoms with Crippen LogP contribution in [0.1, 0.15) is 21.7 Å². The van der Waals surface area contributed by atoms with Crippen molar-refractivity contribution >= 4 is 40.2 Å². The topological polar surface area (TPSA) is 77.1 Å². The summed E-state index contributed by atoms with van der Waals surface area (Å²) < 4.78 is 97.2. The number of rotatable bonds is 5. The average molecular weight is 575 g/mol. The van der Waals surface area contributed by atoms with Crippen LogP contribution < -0.4 is 5.32 Å². The van der Waals surface area contributed by atoms with E-state index in [9.17, 15) is 35.5 Å². The summed E-state index contributed by atoms with van der Waals surface area (Å²) in [6, 6.07) is 4.16. The van der Waals surface area contributed by atoms with Gasteiger partial charge in [0.25, 0.3) is 5.91 Å². The van der Waals surface area contributed by atoms with Gasteiger partial charge in [-0.2, -0.15) is 23.4 Å². The molecule has 4 heterocycles. The van der Waals surface area contributed by atoms with Crippen molar-refractivity contribution in [2.24, 2.45) is 0 Å². The number of hydrogen-bond acceptors (Lipinski definition) is 5. The van der Waals surface area contributed by atoms with Crippen LogP contribution in [0.2, 0.25) is 5.02 Å². The first-order chi connectivity index (χ1) is 17.9. The minimum Gasteiger partial charge on any atom is -0.318 e. The fourth-order valence-electron chi connectivity index (χ4n) is 3.50. The van der Waals surface area contributed by atoms with Gasteiger partial charge in [0, 0.05) is 17.8 Å². The fraction of sp³-hybridized carbons (Fsp3) is 0.0909. The van der Waals surface area contributed by atoms with Crippen LogP contribution in [-0.2, 0) is 12.7 Å². The Morgan fingerprint density at radius 1 is 1.11 bits per heavy atom. The Balaban J connectivity index is 1.45. The Kier molecular flexibility index (Phi) is 6.35. The molecule has 0 saturated heterocycles. The molecule has 38 heavy (non-hydrogen) atoms. The number of thiophene rings is 1. The van der Waals surface area contributed by atoms with Crippen molar-refractivity contribution in [2.75, 3.05) is 5.32 Å². The van der Waals surface area contributed by atoms with Crippen molar-refractivity contribution in [1.82, 2.24) is 24.4 Å². The predicted octanol–water partition coefficient (Wildman–Crippen LogP) is 6.18. The van der Waals surface area contributed by atoms with Crippen LogP contribution in [-0.4, -0.2) is 30.3 Å². The maximum atomic E-state index is 14.0. The molecular formula is C22H10ClF7N6OS. The maximum Gasteiger partial charge on any atom is 0.433 e.